The van der Waals surface area contributed by atoms with Gasteiger partial charge in [0.2, 0.25) is 0 Å². The fraction of sp³-hybridized carbons (Fsp3) is 0. The first-order valence-corrected chi connectivity index (χ1v) is 5.03. The van der Waals surface area contributed by atoms with Crippen molar-refractivity contribution in [1.29, 1.82) is 0 Å². The average Bonchev–Trinajstić information content (AvgIpc) is 2.78. The SMILES string of the molecule is Fc1ccc(-c2cccc3ccnn23)cc1. The summed E-state index contributed by atoms with van der Waals surface area (Å²) in [6.45, 7) is 0. The highest BCUT2D eigenvalue weighted by Crippen LogP contribution is 2.20. The van der Waals surface area contributed by atoms with Gasteiger partial charge >= 0.3 is 0 Å². The number of hydrogen-bond acceptors (Lipinski definition) is 1. The molecule has 2 nitrogen and oxygen atoms in total. The maximum atomic E-state index is 12.8. The highest BCUT2D eigenvalue weighted by molar-refractivity contribution is 5.64. The van der Waals surface area contributed by atoms with Gasteiger partial charge in [-0.2, -0.15) is 5.10 Å². The molecule has 3 heteroatoms. The fourth-order valence-corrected chi connectivity index (χ4v) is 1.79. The molecule has 0 radical (unpaired) electrons. The number of halogens is 1. The first-order chi connectivity index (χ1) is 7.84. The van der Waals surface area contributed by atoms with Crippen molar-refractivity contribution < 1.29 is 4.39 Å². The molecule has 1 aromatic carbocycles. The molecule has 3 rings (SSSR count). The van der Waals surface area contributed by atoms with Crippen LogP contribution in [0.4, 0.5) is 4.39 Å². The van der Waals surface area contributed by atoms with Crippen LogP contribution in [0.15, 0.2) is 54.7 Å². The molecule has 0 aliphatic rings. The van der Waals surface area contributed by atoms with E-state index in [9.17, 15) is 4.39 Å². The molecule has 0 fully saturated rings. The summed E-state index contributed by atoms with van der Waals surface area (Å²) in [4.78, 5) is 0. The molecular formula is C13H9FN2. The molecule has 3 aromatic rings. The second-order valence-electron chi connectivity index (χ2n) is 3.59. The molecule has 0 amide bonds. The van der Waals surface area contributed by atoms with Gasteiger partial charge < -0.3 is 0 Å². The smallest absolute Gasteiger partial charge is 0.123 e. The highest BCUT2D eigenvalue weighted by atomic mass is 19.1. The molecular weight excluding hydrogens is 203 g/mol. The molecule has 0 saturated heterocycles. The van der Waals surface area contributed by atoms with Gasteiger partial charge in [0.05, 0.1) is 17.4 Å². The van der Waals surface area contributed by atoms with Gasteiger partial charge in [-0.25, -0.2) is 8.91 Å². The Labute approximate surface area is 92.0 Å². The molecule has 0 N–H and O–H groups in total. The Hall–Kier alpha value is -2.16. The van der Waals surface area contributed by atoms with E-state index < -0.39 is 0 Å². The van der Waals surface area contributed by atoms with Gasteiger partial charge in [-0.1, -0.05) is 6.07 Å². The summed E-state index contributed by atoms with van der Waals surface area (Å²) in [5, 5.41) is 4.24. The zero-order valence-electron chi connectivity index (χ0n) is 8.47. The highest BCUT2D eigenvalue weighted by Gasteiger charge is 2.03. The Balaban J connectivity index is 2.25. The van der Waals surface area contributed by atoms with E-state index in [1.807, 2.05) is 28.8 Å². The first-order valence-electron chi connectivity index (χ1n) is 5.03. The molecule has 78 valence electrons. The van der Waals surface area contributed by atoms with Gasteiger partial charge in [-0.3, -0.25) is 0 Å². The van der Waals surface area contributed by atoms with E-state index in [2.05, 4.69) is 5.10 Å². The summed E-state index contributed by atoms with van der Waals surface area (Å²) in [7, 11) is 0. The lowest BCUT2D eigenvalue weighted by Gasteiger charge is -2.04. The predicted octanol–water partition coefficient (Wildman–Crippen LogP) is 3.14. The minimum absolute atomic E-state index is 0.226. The van der Waals surface area contributed by atoms with Crippen LogP contribution in [0.5, 0.6) is 0 Å². The largest absolute Gasteiger partial charge is 0.233 e. The molecule has 16 heavy (non-hydrogen) atoms. The Morgan fingerprint density at radius 2 is 1.75 bits per heavy atom. The predicted molar refractivity (Wildman–Crippen MR) is 60.6 cm³/mol. The Morgan fingerprint density at radius 1 is 0.938 bits per heavy atom. The van der Waals surface area contributed by atoms with Gasteiger partial charge in [0, 0.05) is 5.56 Å². The van der Waals surface area contributed by atoms with Crippen LogP contribution in [-0.2, 0) is 0 Å². The van der Waals surface area contributed by atoms with E-state index in [4.69, 9.17) is 0 Å². The zero-order chi connectivity index (χ0) is 11.0. The number of nitrogens with zero attached hydrogens (tertiary/aromatic N) is 2. The van der Waals surface area contributed by atoms with Crippen LogP contribution in [0.3, 0.4) is 0 Å². The van der Waals surface area contributed by atoms with Crippen molar-refractivity contribution in [3.05, 3.63) is 60.5 Å². The van der Waals surface area contributed by atoms with Crippen LogP contribution < -0.4 is 0 Å². The second-order valence-corrected chi connectivity index (χ2v) is 3.59. The molecule has 0 bridgehead atoms. The molecule has 0 aliphatic heterocycles. The summed E-state index contributed by atoms with van der Waals surface area (Å²) in [5.74, 6) is -0.226. The van der Waals surface area contributed by atoms with Crippen molar-refractivity contribution in [1.82, 2.24) is 9.61 Å². The van der Waals surface area contributed by atoms with E-state index in [0.29, 0.717) is 0 Å². The summed E-state index contributed by atoms with van der Waals surface area (Å²) in [6, 6.07) is 14.3. The number of benzene rings is 1. The standard InChI is InChI=1S/C13H9FN2/c14-11-6-4-10(5-7-11)13-3-1-2-12-8-9-15-16(12)13/h1-9H. The molecule has 0 unspecified atom stereocenters. The maximum absolute atomic E-state index is 12.8. The molecule has 0 saturated carbocycles. The fourth-order valence-electron chi connectivity index (χ4n) is 1.79. The Kier molecular flexibility index (Phi) is 1.96. The third kappa shape index (κ3) is 1.37. The minimum atomic E-state index is -0.226. The van der Waals surface area contributed by atoms with Gasteiger partial charge in [0.1, 0.15) is 5.82 Å². The van der Waals surface area contributed by atoms with Crippen molar-refractivity contribution in [2.24, 2.45) is 0 Å². The summed E-state index contributed by atoms with van der Waals surface area (Å²) in [5.41, 5.74) is 2.94. The van der Waals surface area contributed by atoms with Crippen molar-refractivity contribution in [3.63, 3.8) is 0 Å². The number of aromatic nitrogens is 2. The lowest BCUT2D eigenvalue weighted by Crippen LogP contribution is -1.92. The zero-order valence-corrected chi connectivity index (χ0v) is 8.47. The third-order valence-corrected chi connectivity index (χ3v) is 2.56. The number of fused-ring (bicyclic) bond motifs is 1. The van der Waals surface area contributed by atoms with Crippen LogP contribution in [0, 0.1) is 5.82 Å². The molecule has 2 heterocycles. The van der Waals surface area contributed by atoms with E-state index >= 15 is 0 Å². The average molecular weight is 212 g/mol. The summed E-state index contributed by atoms with van der Waals surface area (Å²) >= 11 is 0. The number of rotatable bonds is 1. The van der Waals surface area contributed by atoms with Gasteiger partial charge in [-0.15, -0.1) is 0 Å². The normalized spacial score (nSPS) is 10.8. The molecule has 0 atom stereocenters. The molecule has 0 spiro atoms. The summed E-state index contributed by atoms with van der Waals surface area (Å²) in [6.07, 6.45) is 1.75. The molecule has 2 aromatic heterocycles. The van der Waals surface area contributed by atoms with Gasteiger partial charge in [0.15, 0.2) is 0 Å². The Bertz CT molecular complexity index is 626. The number of hydrogen-bond donors (Lipinski definition) is 0. The number of pyridine rings is 1. The van der Waals surface area contributed by atoms with Crippen molar-refractivity contribution >= 4 is 5.52 Å². The first kappa shape index (κ1) is 9.09. The monoisotopic (exact) mass is 212 g/mol. The quantitative estimate of drug-likeness (QED) is 0.605. The van der Waals surface area contributed by atoms with Crippen molar-refractivity contribution in [2.75, 3.05) is 0 Å². The summed E-state index contributed by atoms with van der Waals surface area (Å²) < 4.78 is 14.7. The van der Waals surface area contributed by atoms with Crippen LogP contribution in [0.2, 0.25) is 0 Å². The minimum Gasteiger partial charge on any atom is -0.233 e. The van der Waals surface area contributed by atoms with E-state index in [-0.39, 0.29) is 5.82 Å². The second kappa shape index (κ2) is 3.45. The van der Waals surface area contributed by atoms with Crippen molar-refractivity contribution in [3.8, 4) is 11.3 Å². The maximum Gasteiger partial charge on any atom is 0.123 e. The van der Waals surface area contributed by atoms with Gasteiger partial charge in [-0.05, 0) is 42.5 Å². The van der Waals surface area contributed by atoms with E-state index in [1.165, 1.54) is 12.1 Å². The van der Waals surface area contributed by atoms with Crippen LogP contribution >= 0.6 is 0 Å². The Morgan fingerprint density at radius 3 is 2.56 bits per heavy atom. The third-order valence-electron chi connectivity index (χ3n) is 2.56. The topological polar surface area (TPSA) is 17.3 Å². The van der Waals surface area contributed by atoms with Crippen LogP contribution in [0.1, 0.15) is 0 Å². The lowest BCUT2D eigenvalue weighted by atomic mass is 10.1. The van der Waals surface area contributed by atoms with Crippen molar-refractivity contribution in [2.45, 2.75) is 0 Å². The van der Waals surface area contributed by atoms with Gasteiger partial charge in [0.25, 0.3) is 0 Å². The van der Waals surface area contributed by atoms with E-state index in [1.54, 1.807) is 18.3 Å². The lowest BCUT2D eigenvalue weighted by molar-refractivity contribution is 0.628. The van der Waals surface area contributed by atoms with E-state index in [0.717, 1.165) is 16.8 Å². The van der Waals surface area contributed by atoms with Crippen LogP contribution in [-0.4, -0.2) is 9.61 Å². The van der Waals surface area contributed by atoms with Crippen LogP contribution in [0.25, 0.3) is 16.8 Å². The molecule has 0 aliphatic carbocycles.